The first-order valence-electron chi connectivity index (χ1n) is 8.14. The highest BCUT2D eigenvalue weighted by atomic mass is 16.2. The molecule has 1 aromatic heterocycles. The van der Waals surface area contributed by atoms with Crippen molar-refractivity contribution >= 4 is 17.5 Å². The lowest BCUT2D eigenvalue weighted by Crippen LogP contribution is -2.33. The van der Waals surface area contributed by atoms with Gasteiger partial charge in [-0.3, -0.25) is 9.59 Å². The molecule has 0 spiro atoms. The van der Waals surface area contributed by atoms with E-state index in [2.05, 4.69) is 20.6 Å². The first-order chi connectivity index (χ1) is 12.6. The first-order valence-corrected chi connectivity index (χ1v) is 8.14. The number of nitrogens with zero attached hydrogens (tertiary/aromatic N) is 2. The molecule has 6 heteroatoms. The molecule has 0 bridgehead atoms. The van der Waals surface area contributed by atoms with Crippen LogP contribution in [-0.4, -0.2) is 28.3 Å². The summed E-state index contributed by atoms with van der Waals surface area (Å²) in [6.45, 7) is 1.72. The maximum Gasteiger partial charge on any atom is 0.251 e. The molecule has 0 aliphatic carbocycles. The highest BCUT2D eigenvalue weighted by Gasteiger charge is 2.10. The van der Waals surface area contributed by atoms with E-state index in [1.165, 1.54) is 12.4 Å². The normalized spacial score (nSPS) is 10.2. The van der Waals surface area contributed by atoms with Crippen molar-refractivity contribution in [2.24, 2.45) is 0 Å². The molecule has 0 radical (unpaired) electrons. The fourth-order valence-corrected chi connectivity index (χ4v) is 2.42. The van der Waals surface area contributed by atoms with Crippen molar-refractivity contribution in [3.05, 3.63) is 78.1 Å². The summed E-state index contributed by atoms with van der Waals surface area (Å²) in [6, 6.07) is 16.8. The van der Waals surface area contributed by atoms with Crippen molar-refractivity contribution in [2.75, 3.05) is 11.9 Å². The second-order valence-corrected chi connectivity index (χ2v) is 5.71. The number of anilines is 1. The van der Waals surface area contributed by atoms with E-state index in [0.29, 0.717) is 17.1 Å². The van der Waals surface area contributed by atoms with Crippen LogP contribution in [0.1, 0.15) is 15.9 Å². The van der Waals surface area contributed by atoms with E-state index < -0.39 is 0 Å². The van der Waals surface area contributed by atoms with Gasteiger partial charge in [-0.2, -0.15) is 0 Å². The Hall–Kier alpha value is -3.54. The lowest BCUT2D eigenvalue weighted by atomic mass is 10.1. The van der Waals surface area contributed by atoms with Gasteiger partial charge in [0.25, 0.3) is 5.91 Å². The van der Waals surface area contributed by atoms with Gasteiger partial charge in [-0.15, -0.1) is 0 Å². The first kappa shape index (κ1) is 17.3. The quantitative estimate of drug-likeness (QED) is 0.744. The number of nitrogens with one attached hydrogen (secondary N) is 2. The number of benzene rings is 2. The molecule has 26 heavy (non-hydrogen) atoms. The Morgan fingerprint density at radius 3 is 2.27 bits per heavy atom. The predicted molar refractivity (Wildman–Crippen MR) is 99.6 cm³/mol. The van der Waals surface area contributed by atoms with Gasteiger partial charge in [-0.05, 0) is 18.6 Å². The molecular weight excluding hydrogens is 328 g/mol. The van der Waals surface area contributed by atoms with Gasteiger partial charge in [-0.1, -0.05) is 48.5 Å². The Morgan fingerprint density at radius 2 is 1.58 bits per heavy atom. The number of carbonyl (C=O) groups is 2. The van der Waals surface area contributed by atoms with Crippen LogP contribution in [-0.2, 0) is 4.79 Å². The molecule has 0 saturated carbocycles. The van der Waals surface area contributed by atoms with E-state index in [1.807, 2.05) is 49.4 Å². The molecule has 130 valence electrons. The van der Waals surface area contributed by atoms with Gasteiger partial charge >= 0.3 is 0 Å². The fraction of sp³-hybridized carbons (Fsp3) is 0.100. The number of amides is 2. The molecule has 2 amide bonds. The SMILES string of the molecule is Cc1ccccc1C(=O)NCC(=O)Nc1cnc(-c2ccccc2)nc1. The second-order valence-electron chi connectivity index (χ2n) is 5.71. The number of aromatic nitrogens is 2. The molecule has 2 aromatic carbocycles. The molecule has 0 atom stereocenters. The van der Waals surface area contributed by atoms with Gasteiger partial charge in [0.15, 0.2) is 5.82 Å². The van der Waals surface area contributed by atoms with Crippen molar-refractivity contribution < 1.29 is 9.59 Å². The Morgan fingerprint density at radius 1 is 0.923 bits per heavy atom. The Balaban J connectivity index is 1.55. The van der Waals surface area contributed by atoms with Crippen LogP contribution in [0.4, 0.5) is 5.69 Å². The average Bonchev–Trinajstić information content (AvgIpc) is 2.68. The number of hydrogen-bond donors (Lipinski definition) is 2. The van der Waals surface area contributed by atoms with E-state index in [-0.39, 0.29) is 18.4 Å². The molecule has 0 aliphatic heterocycles. The molecule has 0 unspecified atom stereocenters. The van der Waals surface area contributed by atoms with Crippen LogP contribution in [0.3, 0.4) is 0 Å². The summed E-state index contributed by atoms with van der Waals surface area (Å²) in [7, 11) is 0. The number of rotatable bonds is 5. The largest absolute Gasteiger partial charge is 0.343 e. The summed E-state index contributed by atoms with van der Waals surface area (Å²) < 4.78 is 0. The zero-order chi connectivity index (χ0) is 18.4. The van der Waals surface area contributed by atoms with E-state index >= 15 is 0 Å². The summed E-state index contributed by atoms with van der Waals surface area (Å²) in [5.74, 6) is -0.0478. The number of carbonyl (C=O) groups excluding carboxylic acids is 2. The molecule has 1 heterocycles. The van der Waals surface area contributed by atoms with Gasteiger partial charge in [-0.25, -0.2) is 9.97 Å². The highest BCUT2D eigenvalue weighted by molar-refractivity contribution is 6.00. The maximum atomic E-state index is 12.1. The van der Waals surface area contributed by atoms with E-state index in [1.54, 1.807) is 12.1 Å². The molecule has 3 rings (SSSR count). The van der Waals surface area contributed by atoms with Gasteiger partial charge in [0.1, 0.15) is 0 Å². The topological polar surface area (TPSA) is 84.0 Å². The molecule has 6 nitrogen and oxygen atoms in total. The van der Waals surface area contributed by atoms with E-state index in [9.17, 15) is 9.59 Å². The van der Waals surface area contributed by atoms with Gasteiger partial charge in [0.05, 0.1) is 24.6 Å². The molecule has 2 N–H and O–H groups in total. The zero-order valence-electron chi connectivity index (χ0n) is 14.3. The van der Waals surface area contributed by atoms with Crippen LogP contribution in [0.2, 0.25) is 0 Å². The predicted octanol–water partition coefficient (Wildman–Crippen LogP) is 2.82. The molecular formula is C20H18N4O2. The fourth-order valence-electron chi connectivity index (χ4n) is 2.42. The molecule has 3 aromatic rings. The summed E-state index contributed by atoms with van der Waals surface area (Å²) in [4.78, 5) is 32.6. The molecule has 0 fully saturated rings. The number of hydrogen-bond acceptors (Lipinski definition) is 4. The third-order valence-electron chi connectivity index (χ3n) is 3.77. The van der Waals surface area contributed by atoms with Crippen LogP contribution in [0.5, 0.6) is 0 Å². The van der Waals surface area contributed by atoms with Crippen LogP contribution in [0.15, 0.2) is 67.0 Å². The summed E-state index contributed by atoms with van der Waals surface area (Å²) in [6.07, 6.45) is 3.08. The van der Waals surface area contributed by atoms with Crippen molar-refractivity contribution in [2.45, 2.75) is 6.92 Å². The minimum atomic E-state index is -0.344. The zero-order valence-corrected chi connectivity index (χ0v) is 14.3. The molecule has 0 aliphatic rings. The standard InChI is InChI=1S/C20H18N4O2/c1-14-7-5-6-10-17(14)20(26)23-13-18(25)24-16-11-21-19(22-12-16)15-8-3-2-4-9-15/h2-12H,13H2,1H3,(H,23,26)(H,24,25). The average molecular weight is 346 g/mol. The highest BCUT2D eigenvalue weighted by Crippen LogP contribution is 2.14. The minimum absolute atomic E-state index is 0.131. The van der Waals surface area contributed by atoms with Crippen LogP contribution in [0.25, 0.3) is 11.4 Å². The second kappa shape index (κ2) is 8.02. The maximum absolute atomic E-state index is 12.1. The van der Waals surface area contributed by atoms with Crippen LogP contribution >= 0.6 is 0 Å². The summed E-state index contributed by atoms with van der Waals surface area (Å²) in [5.41, 5.74) is 2.78. The number of aryl methyl sites for hydroxylation is 1. The van der Waals surface area contributed by atoms with Gasteiger partial charge in [0.2, 0.25) is 5.91 Å². The lowest BCUT2D eigenvalue weighted by molar-refractivity contribution is -0.115. The summed E-state index contributed by atoms with van der Waals surface area (Å²) in [5, 5.41) is 5.27. The summed E-state index contributed by atoms with van der Waals surface area (Å²) >= 11 is 0. The van der Waals surface area contributed by atoms with Gasteiger partial charge in [0, 0.05) is 11.1 Å². The third kappa shape index (κ3) is 4.30. The van der Waals surface area contributed by atoms with Crippen LogP contribution < -0.4 is 10.6 Å². The third-order valence-corrected chi connectivity index (χ3v) is 3.77. The molecule has 0 saturated heterocycles. The van der Waals surface area contributed by atoms with Gasteiger partial charge < -0.3 is 10.6 Å². The minimum Gasteiger partial charge on any atom is -0.343 e. The Bertz CT molecular complexity index is 909. The van der Waals surface area contributed by atoms with Crippen molar-refractivity contribution in [3.8, 4) is 11.4 Å². The Labute approximate surface area is 151 Å². The lowest BCUT2D eigenvalue weighted by Gasteiger charge is -2.08. The van der Waals surface area contributed by atoms with E-state index in [4.69, 9.17) is 0 Å². The Kier molecular flexibility index (Phi) is 5.34. The van der Waals surface area contributed by atoms with Crippen molar-refractivity contribution in [3.63, 3.8) is 0 Å². The van der Waals surface area contributed by atoms with E-state index in [0.717, 1.165) is 11.1 Å². The van der Waals surface area contributed by atoms with Crippen molar-refractivity contribution in [1.82, 2.24) is 15.3 Å². The smallest absolute Gasteiger partial charge is 0.251 e. The van der Waals surface area contributed by atoms with Crippen LogP contribution in [0, 0.1) is 6.92 Å². The van der Waals surface area contributed by atoms with Crippen molar-refractivity contribution in [1.29, 1.82) is 0 Å². The monoisotopic (exact) mass is 346 g/mol.